The lowest BCUT2D eigenvalue weighted by Crippen LogP contribution is -2.40. The predicted molar refractivity (Wildman–Crippen MR) is 51.4 cm³/mol. The molecule has 16 heavy (non-hydrogen) atoms. The molecule has 0 aromatic carbocycles. The van der Waals surface area contributed by atoms with E-state index in [0.717, 1.165) is 0 Å². The Morgan fingerprint density at radius 1 is 1.44 bits per heavy atom. The van der Waals surface area contributed by atoms with Gasteiger partial charge in [-0.15, -0.1) is 0 Å². The number of rotatable bonds is 3. The van der Waals surface area contributed by atoms with Gasteiger partial charge in [0.15, 0.2) is 11.6 Å². The first kappa shape index (κ1) is 12.8. The number of carbonyl (C=O) groups excluding carboxylic acids is 3. The summed E-state index contributed by atoms with van der Waals surface area (Å²) in [6, 6.07) is 0. The van der Waals surface area contributed by atoms with Crippen LogP contribution in [0.4, 0.5) is 0 Å². The molecule has 1 saturated carbocycles. The Morgan fingerprint density at radius 2 is 2.06 bits per heavy atom. The molecule has 0 saturated heterocycles. The second-order valence-corrected chi connectivity index (χ2v) is 3.89. The molecule has 3 unspecified atom stereocenters. The summed E-state index contributed by atoms with van der Waals surface area (Å²) in [6.45, 7) is 1.23. The average Bonchev–Trinajstić information content (AvgIpc) is 2.20. The SMILES string of the molecule is CC(O)COC(=O)C1CC(=O)C(O)CC1=O. The first-order valence-electron chi connectivity index (χ1n) is 5.00. The topological polar surface area (TPSA) is 101 Å². The van der Waals surface area contributed by atoms with Crippen LogP contribution in [0, 0.1) is 5.92 Å². The highest BCUT2D eigenvalue weighted by molar-refractivity contribution is 6.07. The Balaban J connectivity index is 2.55. The molecule has 90 valence electrons. The fraction of sp³-hybridized carbons (Fsp3) is 0.700. The summed E-state index contributed by atoms with van der Waals surface area (Å²) in [5, 5.41) is 18.0. The van der Waals surface area contributed by atoms with Crippen LogP contribution in [-0.4, -0.2) is 46.6 Å². The Labute approximate surface area is 92.2 Å². The zero-order valence-corrected chi connectivity index (χ0v) is 8.88. The number of Topliss-reactive ketones (excluding diaryl/α,β-unsaturated/α-hetero) is 2. The van der Waals surface area contributed by atoms with Gasteiger partial charge in [0.05, 0.1) is 6.10 Å². The van der Waals surface area contributed by atoms with Gasteiger partial charge >= 0.3 is 5.97 Å². The number of hydrogen-bond acceptors (Lipinski definition) is 6. The zero-order valence-electron chi connectivity index (χ0n) is 8.88. The molecular formula is C10H14O6. The highest BCUT2D eigenvalue weighted by atomic mass is 16.5. The molecule has 0 heterocycles. The molecule has 6 nitrogen and oxygen atoms in total. The first-order chi connectivity index (χ1) is 7.41. The monoisotopic (exact) mass is 230 g/mol. The van der Waals surface area contributed by atoms with Gasteiger partial charge in [-0.1, -0.05) is 0 Å². The summed E-state index contributed by atoms with van der Waals surface area (Å²) in [4.78, 5) is 33.9. The molecule has 1 fully saturated rings. The number of hydrogen-bond donors (Lipinski definition) is 2. The minimum atomic E-state index is -1.30. The van der Waals surface area contributed by atoms with Gasteiger partial charge in [-0.2, -0.15) is 0 Å². The molecule has 0 bridgehead atoms. The van der Waals surface area contributed by atoms with E-state index in [1.165, 1.54) is 6.92 Å². The van der Waals surface area contributed by atoms with E-state index in [0.29, 0.717) is 0 Å². The van der Waals surface area contributed by atoms with Crippen molar-refractivity contribution in [2.45, 2.75) is 32.0 Å². The molecule has 3 atom stereocenters. The van der Waals surface area contributed by atoms with Crippen molar-refractivity contribution in [3.05, 3.63) is 0 Å². The van der Waals surface area contributed by atoms with Crippen LogP contribution < -0.4 is 0 Å². The molecule has 0 aromatic heterocycles. The van der Waals surface area contributed by atoms with Crippen LogP contribution in [0.3, 0.4) is 0 Å². The Hall–Kier alpha value is -1.27. The third-order valence-electron chi connectivity index (χ3n) is 2.31. The zero-order chi connectivity index (χ0) is 12.3. The maximum absolute atomic E-state index is 11.4. The third-order valence-corrected chi connectivity index (χ3v) is 2.31. The highest BCUT2D eigenvalue weighted by Gasteiger charge is 2.38. The van der Waals surface area contributed by atoms with E-state index in [2.05, 4.69) is 4.74 Å². The van der Waals surface area contributed by atoms with E-state index in [1.54, 1.807) is 0 Å². The average molecular weight is 230 g/mol. The lowest BCUT2D eigenvalue weighted by molar-refractivity contribution is -0.159. The van der Waals surface area contributed by atoms with Crippen LogP contribution in [0.25, 0.3) is 0 Å². The van der Waals surface area contributed by atoms with E-state index in [-0.39, 0.29) is 19.4 Å². The Morgan fingerprint density at radius 3 is 2.62 bits per heavy atom. The fourth-order valence-electron chi connectivity index (χ4n) is 1.42. The number of carbonyl (C=O) groups is 3. The van der Waals surface area contributed by atoms with Crippen LogP contribution in [0.2, 0.25) is 0 Å². The molecule has 0 aromatic rings. The van der Waals surface area contributed by atoms with Crippen molar-refractivity contribution >= 4 is 17.5 Å². The van der Waals surface area contributed by atoms with Crippen molar-refractivity contribution in [1.82, 2.24) is 0 Å². The summed E-state index contributed by atoms with van der Waals surface area (Å²) in [5.41, 5.74) is 0. The fourth-order valence-corrected chi connectivity index (χ4v) is 1.42. The van der Waals surface area contributed by atoms with E-state index >= 15 is 0 Å². The summed E-state index contributed by atoms with van der Waals surface area (Å²) >= 11 is 0. The second kappa shape index (κ2) is 5.18. The Kier molecular flexibility index (Phi) is 4.14. The van der Waals surface area contributed by atoms with E-state index in [9.17, 15) is 14.4 Å². The summed E-state index contributed by atoms with van der Waals surface area (Å²) < 4.78 is 4.65. The largest absolute Gasteiger partial charge is 0.462 e. The number of aliphatic hydroxyl groups is 2. The molecule has 0 aliphatic heterocycles. The highest BCUT2D eigenvalue weighted by Crippen LogP contribution is 2.19. The lowest BCUT2D eigenvalue weighted by atomic mass is 9.85. The maximum atomic E-state index is 11.4. The molecule has 0 amide bonds. The van der Waals surface area contributed by atoms with E-state index in [4.69, 9.17) is 10.2 Å². The molecular weight excluding hydrogens is 216 g/mol. The van der Waals surface area contributed by atoms with Crippen molar-refractivity contribution in [2.75, 3.05) is 6.61 Å². The quantitative estimate of drug-likeness (QED) is 0.467. The van der Waals surface area contributed by atoms with Gasteiger partial charge < -0.3 is 14.9 Å². The van der Waals surface area contributed by atoms with Gasteiger partial charge in [-0.3, -0.25) is 14.4 Å². The third kappa shape index (κ3) is 3.11. The van der Waals surface area contributed by atoms with E-state index in [1.807, 2.05) is 0 Å². The second-order valence-electron chi connectivity index (χ2n) is 3.89. The molecule has 0 spiro atoms. The molecule has 1 rings (SSSR count). The number of ether oxygens (including phenoxy) is 1. The lowest BCUT2D eigenvalue weighted by Gasteiger charge is -2.22. The number of esters is 1. The molecule has 0 radical (unpaired) electrons. The van der Waals surface area contributed by atoms with Crippen molar-refractivity contribution in [2.24, 2.45) is 5.92 Å². The van der Waals surface area contributed by atoms with Crippen LogP contribution in [0.5, 0.6) is 0 Å². The van der Waals surface area contributed by atoms with E-state index < -0.39 is 35.7 Å². The van der Waals surface area contributed by atoms with Crippen molar-refractivity contribution in [1.29, 1.82) is 0 Å². The summed E-state index contributed by atoms with van der Waals surface area (Å²) in [7, 11) is 0. The smallest absolute Gasteiger partial charge is 0.317 e. The first-order valence-corrected chi connectivity index (χ1v) is 5.00. The molecule has 6 heteroatoms. The minimum Gasteiger partial charge on any atom is -0.462 e. The van der Waals surface area contributed by atoms with Crippen LogP contribution in [-0.2, 0) is 19.1 Å². The Bertz CT molecular complexity index is 308. The minimum absolute atomic E-state index is 0.209. The van der Waals surface area contributed by atoms with Crippen LogP contribution in [0.15, 0.2) is 0 Å². The predicted octanol–water partition coefficient (Wildman–Crippen LogP) is -1.18. The van der Waals surface area contributed by atoms with Gasteiger partial charge in [0.25, 0.3) is 0 Å². The number of ketones is 2. The van der Waals surface area contributed by atoms with Gasteiger partial charge in [-0.05, 0) is 6.92 Å². The standard InChI is InChI=1S/C10H14O6/c1-5(11)4-16-10(15)6-2-8(13)9(14)3-7(6)12/h5-6,9,11,14H,2-4H2,1H3. The van der Waals surface area contributed by atoms with Gasteiger partial charge in [-0.25, -0.2) is 0 Å². The maximum Gasteiger partial charge on any atom is 0.317 e. The van der Waals surface area contributed by atoms with Crippen molar-refractivity contribution < 1.29 is 29.3 Å². The summed E-state index contributed by atoms with van der Waals surface area (Å²) in [6.07, 6.45) is -2.77. The van der Waals surface area contributed by atoms with Gasteiger partial charge in [0.1, 0.15) is 18.6 Å². The van der Waals surface area contributed by atoms with Crippen LogP contribution >= 0.6 is 0 Å². The van der Waals surface area contributed by atoms with Crippen LogP contribution in [0.1, 0.15) is 19.8 Å². The molecule has 1 aliphatic rings. The van der Waals surface area contributed by atoms with Crippen molar-refractivity contribution in [3.8, 4) is 0 Å². The van der Waals surface area contributed by atoms with Gasteiger partial charge in [0.2, 0.25) is 0 Å². The van der Waals surface area contributed by atoms with Crippen molar-refractivity contribution in [3.63, 3.8) is 0 Å². The molecule has 2 N–H and O–H groups in total. The molecule has 1 aliphatic carbocycles. The number of aliphatic hydroxyl groups excluding tert-OH is 2. The normalized spacial score (nSPS) is 27.7. The van der Waals surface area contributed by atoms with Gasteiger partial charge in [0, 0.05) is 12.8 Å². The summed E-state index contributed by atoms with van der Waals surface area (Å²) in [5.74, 6) is -2.97.